The van der Waals surface area contributed by atoms with E-state index in [0.29, 0.717) is 0 Å². The van der Waals surface area contributed by atoms with Gasteiger partial charge in [-0.25, -0.2) is 4.98 Å². The minimum Gasteiger partial charge on any atom is -0.493 e. The summed E-state index contributed by atoms with van der Waals surface area (Å²) in [4.78, 5) is 16.8. The molecule has 0 amide bonds. The van der Waals surface area contributed by atoms with Crippen LogP contribution in [0, 0.1) is 0 Å². The topological polar surface area (TPSA) is 44.7 Å². The third-order valence-corrected chi connectivity index (χ3v) is 6.43. The van der Waals surface area contributed by atoms with Gasteiger partial charge in [-0.3, -0.25) is 4.90 Å². The van der Waals surface area contributed by atoms with E-state index in [1.807, 2.05) is 6.20 Å². The summed E-state index contributed by atoms with van der Waals surface area (Å²) in [6, 6.07) is 8.76. The number of aromatic nitrogens is 2. The maximum Gasteiger partial charge on any atom is 0.227 e. The minimum atomic E-state index is 0.835. The Hall–Kier alpha value is -2.34. The Kier molecular flexibility index (Phi) is 5.52. The van der Waals surface area contributed by atoms with Gasteiger partial charge in [0.2, 0.25) is 5.95 Å². The molecule has 154 valence electrons. The van der Waals surface area contributed by atoms with E-state index in [0.717, 1.165) is 82.8 Å². The number of fused-ring (bicyclic) bond motifs is 1. The van der Waals surface area contributed by atoms with Gasteiger partial charge >= 0.3 is 0 Å². The van der Waals surface area contributed by atoms with E-state index in [4.69, 9.17) is 9.72 Å². The zero-order valence-corrected chi connectivity index (χ0v) is 17.2. The Labute approximate surface area is 173 Å². The zero-order valence-electron chi connectivity index (χ0n) is 17.2. The molecule has 6 heteroatoms. The van der Waals surface area contributed by atoms with Gasteiger partial charge in [0, 0.05) is 58.4 Å². The number of ether oxygens (including phenoxy) is 1. The summed E-state index contributed by atoms with van der Waals surface area (Å²) in [5.41, 5.74) is 2.80. The lowest BCUT2D eigenvalue weighted by Crippen LogP contribution is -2.47. The van der Waals surface area contributed by atoms with Crippen molar-refractivity contribution < 1.29 is 4.74 Å². The van der Waals surface area contributed by atoms with Crippen molar-refractivity contribution in [1.82, 2.24) is 14.9 Å². The van der Waals surface area contributed by atoms with Gasteiger partial charge in [0.15, 0.2) is 0 Å². The Bertz CT molecular complexity index is 828. The first kappa shape index (κ1) is 18.7. The second-order valence-electron chi connectivity index (χ2n) is 8.38. The molecule has 5 rings (SSSR count). The normalized spacial score (nSPS) is 19.9. The molecule has 29 heavy (non-hydrogen) atoms. The number of hydrogen-bond acceptors (Lipinski definition) is 6. The maximum absolute atomic E-state index is 5.62. The number of piperidine rings is 1. The first-order valence-electron chi connectivity index (χ1n) is 11.1. The van der Waals surface area contributed by atoms with Gasteiger partial charge in [-0.05, 0) is 48.9 Å². The molecule has 0 aliphatic carbocycles. The standard InChI is InChI=1S/C23H31N5O/c1-2-10-27(11-3-1)22-6-9-24-23(25-22)28-15-13-26(14-16-28)12-7-19-4-5-21-20(18-19)8-17-29-21/h4-6,9,18H,1-3,7-8,10-17H2. The van der Waals surface area contributed by atoms with Crippen molar-refractivity contribution in [2.75, 3.05) is 62.2 Å². The fraction of sp³-hybridized carbons (Fsp3) is 0.565. The van der Waals surface area contributed by atoms with E-state index in [-0.39, 0.29) is 0 Å². The summed E-state index contributed by atoms with van der Waals surface area (Å²) in [6.45, 7) is 8.35. The smallest absolute Gasteiger partial charge is 0.227 e. The third-order valence-electron chi connectivity index (χ3n) is 6.43. The number of rotatable bonds is 5. The van der Waals surface area contributed by atoms with Gasteiger partial charge in [0.1, 0.15) is 11.6 Å². The summed E-state index contributed by atoms with van der Waals surface area (Å²) in [6.07, 6.45) is 7.98. The molecule has 0 bridgehead atoms. The van der Waals surface area contributed by atoms with Gasteiger partial charge in [0.05, 0.1) is 6.61 Å². The highest BCUT2D eigenvalue weighted by molar-refractivity contribution is 5.44. The lowest BCUT2D eigenvalue weighted by atomic mass is 10.1. The summed E-state index contributed by atoms with van der Waals surface area (Å²) < 4.78 is 5.62. The summed E-state index contributed by atoms with van der Waals surface area (Å²) in [5.74, 6) is 3.07. The molecule has 0 saturated carbocycles. The quantitative estimate of drug-likeness (QED) is 0.778. The summed E-state index contributed by atoms with van der Waals surface area (Å²) in [7, 11) is 0. The predicted octanol–water partition coefficient (Wildman–Crippen LogP) is 2.77. The number of benzene rings is 1. The van der Waals surface area contributed by atoms with Crippen LogP contribution in [-0.4, -0.2) is 67.3 Å². The molecule has 3 aliphatic heterocycles. The van der Waals surface area contributed by atoms with Crippen molar-refractivity contribution >= 4 is 11.8 Å². The van der Waals surface area contributed by atoms with E-state index in [1.54, 1.807) is 0 Å². The SMILES string of the molecule is c1cc(N2CCCCC2)nc(N2CCN(CCc3ccc4c(c3)CCO4)CC2)n1. The summed E-state index contributed by atoms with van der Waals surface area (Å²) >= 11 is 0. The maximum atomic E-state index is 5.62. The molecule has 1 aromatic carbocycles. The van der Waals surface area contributed by atoms with Crippen LogP contribution in [0.2, 0.25) is 0 Å². The van der Waals surface area contributed by atoms with Gasteiger partial charge in [-0.15, -0.1) is 0 Å². The van der Waals surface area contributed by atoms with Crippen LogP contribution >= 0.6 is 0 Å². The van der Waals surface area contributed by atoms with Gasteiger partial charge in [-0.1, -0.05) is 12.1 Å². The predicted molar refractivity (Wildman–Crippen MR) is 116 cm³/mol. The molecule has 1 aromatic heterocycles. The molecule has 2 fully saturated rings. The van der Waals surface area contributed by atoms with Crippen LogP contribution in [0.25, 0.3) is 0 Å². The van der Waals surface area contributed by atoms with E-state index in [1.165, 1.54) is 30.4 Å². The Balaban J connectivity index is 1.14. The van der Waals surface area contributed by atoms with Crippen molar-refractivity contribution in [3.8, 4) is 5.75 Å². The lowest BCUT2D eigenvalue weighted by Gasteiger charge is -2.35. The molecule has 6 nitrogen and oxygen atoms in total. The van der Waals surface area contributed by atoms with Crippen molar-refractivity contribution in [3.63, 3.8) is 0 Å². The van der Waals surface area contributed by atoms with E-state index in [9.17, 15) is 0 Å². The second kappa shape index (κ2) is 8.57. The molecule has 0 atom stereocenters. The highest BCUT2D eigenvalue weighted by Gasteiger charge is 2.21. The van der Waals surface area contributed by atoms with Crippen LogP contribution in [0.4, 0.5) is 11.8 Å². The highest BCUT2D eigenvalue weighted by Crippen LogP contribution is 2.26. The second-order valence-corrected chi connectivity index (χ2v) is 8.38. The van der Waals surface area contributed by atoms with E-state index in [2.05, 4.69) is 43.9 Å². The van der Waals surface area contributed by atoms with Crippen LogP contribution in [0.15, 0.2) is 30.5 Å². The average molecular weight is 394 g/mol. The molecule has 3 aliphatic rings. The minimum absolute atomic E-state index is 0.835. The number of nitrogens with zero attached hydrogens (tertiary/aromatic N) is 5. The number of hydrogen-bond donors (Lipinski definition) is 0. The van der Waals surface area contributed by atoms with Gasteiger partial charge in [0.25, 0.3) is 0 Å². The van der Waals surface area contributed by atoms with Crippen molar-refractivity contribution in [3.05, 3.63) is 41.6 Å². The van der Waals surface area contributed by atoms with Crippen LogP contribution in [0.1, 0.15) is 30.4 Å². The Morgan fingerprint density at radius 1 is 0.897 bits per heavy atom. The first-order chi connectivity index (χ1) is 14.3. The largest absolute Gasteiger partial charge is 0.493 e. The van der Waals surface area contributed by atoms with Crippen LogP contribution in [0.3, 0.4) is 0 Å². The molecular formula is C23H31N5O. The highest BCUT2D eigenvalue weighted by atomic mass is 16.5. The first-order valence-corrected chi connectivity index (χ1v) is 11.1. The third kappa shape index (κ3) is 4.32. The number of piperazine rings is 1. The van der Waals surface area contributed by atoms with Crippen LogP contribution in [-0.2, 0) is 12.8 Å². The molecule has 4 heterocycles. The molecule has 0 N–H and O–H groups in total. The molecule has 0 unspecified atom stereocenters. The molecule has 0 radical (unpaired) electrons. The Morgan fingerprint density at radius 2 is 1.76 bits per heavy atom. The lowest BCUT2D eigenvalue weighted by molar-refractivity contribution is 0.260. The van der Waals surface area contributed by atoms with Crippen molar-refractivity contribution in [2.45, 2.75) is 32.1 Å². The fourth-order valence-corrected chi connectivity index (χ4v) is 4.64. The molecule has 2 aromatic rings. The monoisotopic (exact) mass is 393 g/mol. The van der Waals surface area contributed by atoms with Crippen LogP contribution < -0.4 is 14.5 Å². The van der Waals surface area contributed by atoms with Gasteiger partial charge < -0.3 is 14.5 Å². The Morgan fingerprint density at radius 3 is 2.62 bits per heavy atom. The van der Waals surface area contributed by atoms with E-state index < -0.39 is 0 Å². The summed E-state index contributed by atoms with van der Waals surface area (Å²) in [5, 5.41) is 0. The van der Waals surface area contributed by atoms with Crippen LogP contribution in [0.5, 0.6) is 5.75 Å². The zero-order chi connectivity index (χ0) is 19.5. The molecular weight excluding hydrogens is 362 g/mol. The fourth-order valence-electron chi connectivity index (χ4n) is 4.64. The van der Waals surface area contributed by atoms with Gasteiger partial charge in [-0.2, -0.15) is 4.98 Å². The molecule has 2 saturated heterocycles. The average Bonchev–Trinajstić information content (AvgIpc) is 3.27. The number of anilines is 2. The van der Waals surface area contributed by atoms with Crippen molar-refractivity contribution in [1.29, 1.82) is 0 Å². The molecule has 0 spiro atoms. The van der Waals surface area contributed by atoms with Crippen molar-refractivity contribution in [2.24, 2.45) is 0 Å². The van der Waals surface area contributed by atoms with E-state index >= 15 is 0 Å².